The molecule has 0 saturated heterocycles. The van der Waals surface area contributed by atoms with E-state index in [0.717, 1.165) is 0 Å². The van der Waals surface area contributed by atoms with Crippen molar-refractivity contribution in [2.24, 2.45) is 16.0 Å². The van der Waals surface area contributed by atoms with Crippen LogP contribution < -0.4 is 0 Å². The third-order valence-corrected chi connectivity index (χ3v) is 7.13. The number of carboxylic acid groups (broad SMARTS) is 1. The van der Waals surface area contributed by atoms with Crippen molar-refractivity contribution < 1.29 is 33.9 Å². The molecule has 1 rings (SSSR count). The zero-order chi connectivity index (χ0) is 30.5. The molecule has 0 aromatic rings. The minimum Gasteiger partial charge on any atom is -0.481 e. The van der Waals surface area contributed by atoms with Crippen molar-refractivity contribution >= 4 is 35.5 Å². The van der Waals surface area contributed by atoms with Gasteiger partial charge in [0.2, 0.25) is 0 Å². The maximum atomic E-state index is 12.9. The molecule has 0 radical (unpaired) electrons. The van der Waals surface area contributed by atoms with Gasteiger partial charge in [0.1, 0.15) is 6.29 Å². The minimum atomic E-state index is -0.875. The van der Waals surface area contributed by atoms with Crippen LogP contribution in [0, 0.1) is 15.7 Å². The van der Waals surface area contributed by atoms with Gasteiger partial charge in [-0.1, -0.05) is 32.3 Å². The van der Waals surface area contributed by atoms with Gasteiger partial charge in [0.15, 0.2) is 17.3 Å². The molecule has 0 saturated carbocycles. The Morgan fingerprint density at radius 3 is 2.00 bits per heavy atom. The highest BCUT2D eigenvalue weighted by atomic mass is 16.4. The quantitative estimate of drug-likeness (QED) is 0.0714. The topological polar surface area (TPSA) is 152 Å². The van der Waals surface area contributed by atoms with Crippen LogP contribution in [0.15, 0.2) is 51.8 Å². The zero-order valence-electron chi connectivity index (χ0n) is 24.2. The van der Waals surface area contributed by atoms with Crippen molar-refractivity contribution in [2.45, 2.75) is 98.8 Å². The standard InChI is InChI=1S/C31H41NO8/c1-21(16-25(34)17-22(20-33)10-6-8-15-31(4,5)29(38)39)12-13-24-19-26(35)18-23(27(24)36)11-7-9-14-30(2,3)28(37)32-40/h16-20H,6-15H2,1-5H3,(H,38,39)/b21-16+,22-17-. The van der Waals surface area contributed by atoms with Crippen molar-refractivity contribution in [1.29, 1.82) is 0 Å². The number of carbonyl (C=O) groups is 6. The fourth-order valence-electron chi connectivity index (χ4n) is 4.25. The fraction of sp³-hybridized carbons (Fsp3) is 0.548. The summed E-state index contributed by atoms with van der Waals surface area (Å²) >= 11 is 0. The summed E-state index contributed by atoms with van der Waals surface area (Å²) in [4.78, 5) is 82.2. The Balaban J connectivity index is 2.62. The molecular weight excluding hydrogens is 514 g/mol. The SMILES string of the molecule is C/C(=C\C(=O)/C=C(\C=O)CCCCC(C)(C)C(=O)O)CCC1=CC(=O)C=C(CCCCC(C)(C)C(=O)N=O)C1=O. The molecule has 218 valence electrons. The first-order chi connectivity index (χ1) is 18.6. The lowest BCUT2D eigenvalue weighted by Crippen LogP contribution is -2.23. The van der Waals surface area contributed by atoms with Gasteiger partial charge in [-0.2, -0.15) is 0 Å². The van der Waals surface area contributed by atoms with Gasteiger partial charge in [-0.3, -0.25) is 28.8 Å². The van der Waals surface area contributed by atoms with Crippen LogP contribution in [0.2, 0.25) is 0 Å². The maximum absolute atomic E-state index is 12.9. The molecule has 0 bridgehead atoms. The van der Waals surface area contributed by atoms with Crippen molar-refractivity contribution in [2.75, 3.05) is 0 Å². The third kappa shape index (κ3) is 11.6. The summed E-state index contributed by atoms with van der Waals surface area (Å²) in [7, 11) is 0. The molecule has 9 nitrogen and oxygen atoms in total. The molecule has 1 aliphatic carbocycles. The van der Waals surface area contributed by atoms with E-state index in [-0.39, 0.29) is 23.8 Å². The number of carboxylic acids is 1. The molecule has 0 aromatic heterocycles. The molecule has 9 heteroatoms. The molecule has 0 aliphatic heterocycles. The van der Waals surface area contributed by atoms with Gasteiger partial charge in [-0.05, 0) is 102 Å². The number of Topliss-reactive ketones (excluding diaryl/α,β-unsaturated/α-hetero) is 1. The molecular formula is C31H41NO8. The van der Waals surface area contributed by atoms with Gasteiger partial charge >= 0.3 is 5.97 Å². The predicted molar refractivity (Wildman–Crippen MR) is 151 cm³/mol. The van der Waals surface area contributed by atoms with Gasteiger partial charge in [-0.25, -0.2) is 0 Å². The lowest BCUT2D eigenvalue weighted by atomic mass is 9.84. The van der Waals surface area contributed by atoms with Crippen LogP contribution in [-0.2, 0) is 28.8 Å². The average molecular weight is 556 g/mol. The number of allylic oxidation sites excluding steroid dienone is 8. The van der Waals surface area contributed by atoms with Crippen LogP contribution in [0.1, 0.15) is 98.8 Å². The average Bonchev–Trinajstić information content (AvgIpc) is 2.88. The fourth-order valence-corrected chi connectivity index (χ4v) is 4.25. The van der Waals surface area contributed by atoms with Crippen molar-refractivity contribution in [1.82, 2.24) is 0 Å². The lowest BCUT2D eigenvalue weighted by Gasteiger charge is -2.19. The summed E-state index contributed by atoms with van der Waals surface area (Å²) in [5.41, 5.74) is 0.103. The number of aldehydes is 1. The number of unbranched alkanes of at least 4 members (excludes halogenated alkanes) is 2. The molecule has 0 heterocycles. The summed E-state index contributed by atoms with van der Waals surface area (Å²) in [6.45, 7) is 8.33. The molecule has 0 atom stereocenters. The highest BCUT2D eigenvalue weighted by Gasteiger charge is 2.28. The van der Waals surface area contributed by atoms with E-state index < -0.39 is 22.7 Å². The van der Waals surface area contributed by atoms with Crippen LogP contribution in [0.5, 0.6) is 0 Å². The van der Waals surface area contributed by atoms with Crippen LogP contribution in [-0.4, -0.2) is 40.6 Å². The van der Waals surface area contributed by atoms with Crippen molar-refractivity contribution in [3.63, 3.8) is 0 Å². The normalized spacial score (nSPS) is 14.9. The number of aliphatic carboxylic acids is 1. The summed E-state index contributed by atoms with van der Waals surface area (Å²) in [5.74, 6) is -2.42. The Morgan fingerprint density at radius 1 is 0.850 bits per heavy atom. The second-order valence-electron chi connectivity index (χ2n) is 11.7. The summed E-state index contributed by atoms with van der Waals surface area (Å²) in [6.07, 6.45) is 10.6. The van der Waals surface area contributed by atoms with Gasteiger partial charge in [0.05, 0.1) is 5.41 Å². The van der Waals surface area contributed by atoms with Crippen LogP contribution in [0.25, 0.3) is 0 Å². The first-order valence-corrected chi connectivity index (χ1v) is 13.6. The van der Waals surface area contributed by atoms with Gasteiger partial charge in [0, 0.05) is 21.7 Å². The van der Waals surface area contributed by atoms with E-state index in [2.05, 4.69) is 5.18 Å². The van der Waals surface area contributed by atoms with Gasteiger partial charge in [-0.15, -0.1) is 4.91 Å². The lowest BCUT2D eigenvalue weighted by molar-refractivity contribution is -0.147. The number of hydrogen-bond acceptors (Lipinski definition) is 7. The maximum Gasteiger partial charge on any atom is 0.309 e. The highest BCUT2D eigenvalue weighted by molar-refractivity contribution is 6.20. The van der Waals surface area contributed by atoms with Crippen LogP contribution >= 0.6 is 0 Å². The number of nitrogens with zero attached hydrogens (tertiary/aromatic N) is 1. The van der Waals surface area contributed by atoms with E-state index in [1.54, 1.807) is 34.6 Å². The zero-order valence-corrected chi connectivity index (χ0v) is 24.2. The highest BCUT2D eigenvalue weighted by Crippen LogP contribution is 2.28. The molecule has 1 N–H and O–H groups in total. The predicted octanol–water partition coefficient (Wildman–Crippen LogP) is 5.96. The van der Waals surface area contributed by atoms with Crippen LogP contribution in [0.4, 0.5) is 0 Å². The molecule has 0 aromatic carbocycles. The third-order valence-electron chi connectivity index (χ3n) is 7.13. The van der Waals surface area contributed by atoms with Crippen LogP contribution in [0.3, 0.4) is 0 Å². The van der Waals surface area contributed by atoms with Crippen molar-refractivity contribution in [3.05, 3.63) is 51.5 Å². The molecule has 1 aliphatic rings. The molecule has 1 amide bonds. The van der Waals surface area contributed by atoms with E-state index in [1.807, 2.05) is 0 Å². The monoisotopic (exact) mass is 555 g/mol. The number of rotatable bonds is 18. The molecule has 0 spiro atoms. The largest absolute Gasteiger partial charge is 0.481 e. The number of amides is 1. The number of carbonyl (C=O) groups excluding carboxylic acids is 5. The van der Waals surface area contributed by atoms with E-state index in [9.17, 15) is 38.8 Å². The number of hydrogen-bond donors (Lipinski definition) is 1. The second-order valence-corrected chi connectivity index (χ2v) is 11.7. The summed E-state index contributed by atoms with van der Waals surface area (Å²) < 4.78 is 0. The minimum absolute atomic E-state index is 0.210. The van der Waals surface area contributed by atoms with Gasteiger partial charge < -0.3 is 5.11 Å². The first-order valence-electron chi connectivity index (χ1n) is 13.6. The van der Waals surface area contributed by atoms with Crippen molar-refractivity contribution in [3.8, 4) is 0 Å². The molecule has 0 unspecified atom stereocenters. The number of ketones is 3. The number of nitroso groups, excluding NO2 is 1. The van der Waals surface area contributed by atoms with E-state index in [4.69, 9.17) is 0 Å². The Hall–Kier alpha value is -3.62. The van der Waals surface area contributed by atoms with Gasteiger partial charge in [0.25, 0.3) is 5.91 Å². The Labute approximate surface area is 235 Å². The molecule has 40 heavy (non-hydrogen) atoms. The summed E-state index contributed by atoms with van der Waals surface area (Å²) in [5, 5.41) is 11.7. The first kappa shape index (κ1) is 34.4. The smallest absolute Gasteiger partial charge is 0.309 e. The van der Waals surface area contributed by atoms with E-state index >= 15 is 0 Å². The Bertz CT molecular complexity index is 1150. The Kier molecular flexibility index (Phi) is 13.6. The Morgan fingerprint density at radius 2 is 1.43 bits per heavy atom. The van der Waals surface area contributed by atoms with E-state index in [1.165, 1.54) is 24.3 Å². The molecule has 0 fully saturated rings. The second kappa shape index (κ2) is 15.8. The summed E-state index contributed by atoms with van der Waals surface area (Å²) in [6, 6.07) is 0. The van der Waals surface area contributed by atoms with E-state index in [0.29, 0.717) is 86.4 Å².